The summed E-state index contributed by atoms with van der Waals surface area (Å²) in [5, 5.41) is 10.4. The number of esters is 2. The third-order valence-corrected chi connectivity index (χ3v) is 16.1. The van der Waals surface area contributed by atoms with E-state index in [0.717, 1.165) is 0 Å². The maximum Gasteiger partial charge on any atom is 0.338 e. The molecule has 0 amide bonds. The number of aliphatic hydroxyl groups is 1. The summed E-state index contributed by atoms with van der Waals surface area (Å²) < 4.78 is 23.7. The van der Waals surface area contributed by atoms with Crippen LogP contribution in [0, 0.1) is 5.92 Å². The Morgan fingerprint density at radius 3 is 1.90 bits per heavy atom. The molecule has 1 rings (SSSR count). The van der Waals surface area contributed by atoms with Crippen LogP contribution < -0.4 is 0 Å². The molecule has 0 bridgehead atoms. The fourth-order valence-electron chi connectivity index (χ4n) is 2.91. The summed E-state index contributed by atoms with van der Waals surface area (Å²) in [5.41, 5.74) is 0. The van der Waals surface area contributed by atoms with E-state index in [-0.39, 0.29) is 16.7 Å². The van der Waals surface area contributed by atoms with Crippen molar-refractivity contribution < 1.29 is 33.0 Å². The van der Waals surface area contributed by atoms with Gasteiger partial charge in [-0.05, 0) is 43.2 Å². The highest BCUT2D eigenvalue weighted by Crippen LogP contribution is 2.43. The summed E-state index contributed by atoms with van der Waals surface area (Å²) in [6, 6.07) is 0. The largest absolute Gasteiger partial charge is 0.464 e. The lowest BCUT2D eigenvalue weighted by Crippen LogP contribution is -2.63. The molecule has 0 aromatic rings. The monoisotopic (exact) mass is 476 g/mol. The molecule has 31 heavy (non-hydrogen) atoms. The minimum absolute atomic E-state index is 0.0924. The lowest BCUT2D eigenvalue weighted by molar-refractivity contribution is -0.201. The molecule has 1 N–H and O–H groups in total. The van der Waals surface area contributed by atoms with E-state index in [1.54, 1.807) is 6.92 Å². The Morgan fingerprint density at radius 2 is 1.48 bits per heavy atom. The zero-order valence-corrected chi connectivity index (χ0v) is 23.5. The molecule has 7 nitrogen and oxygen atoms in total. The minimum Gasteiger partial charge on any atom is -0.464 e. The number of carbonyl (C=O) groups is 2. The van der Waals surface area contributed by atoms with Crippen LogP contribution in [-0.4, -0.2) is 64.7 Å². The molecule has 182 valence electrons. The summed E-state index contributed by atoms with van der Waals surface area (Å²) in [4.78, 5) is 25.3. The second-order valence-electron chi connectivity index (χ2n) is 11.6. The Balaban J connectivity index is 3.37. The van der Waals surface area contributed by atoms with E-state index in [9.17, 15) is 14.7 Å². The third kappa shape index (κ3) is 6.40. The third-order valence-electron chi connectivity index (χ3n) is 7.12. The van der Waals surface area contributed by atoms with Crippen LogP contribution in [0.3, 0.4) is 0 Å². The van der Waals surface area contributed by atoms with Gasteiger partial charge in [0.1, 0.15) is 6.10 Å². The molecular formula is C22H44O7Si2. The molecule has 1 fully saturated rings. The van der Waals surface area contributed by atoms with E-state index in [2.05, 4.69) is 67.7 Å². The van der Waals surface area contributed by atoms with Crippen molar-refractivity contribution in [1.82, 2.24) is 0 Å². The van der Waals surface area contributed by atoms with Crippen molar-refractivity contribution in [3.05, 3.63) is 0 Å². The van der Waals surface area contributed by atoms with Crippen molar-refractivity contribution in [3.63, 3.8) is 0 Å². The van der Waals surface area contributed by atoms with Gasteiger partial charge in [-0.15, -0.1) is 0 Å². The second-order valence-corrected chi connectivity index (χ2v) is 21.1. The molecule has 0 radical (unpaired) electrons. The Labute approximate surface area is 190 Å². The quantitative estimate of drug-likeness (QED) is 0.434. The van der Waals surface area contributed by atoms with Gasteiger partial charge in [0.05, 0.1) is 12.7 Å². The summed E-state index contributed by atoms with van der Waals surface area (Å²) >= 11 is 0. The minimum atomic E-state index is -2.33. The average Bonchev–Trinajstić information content (AvgIpc) is 2.58. The zero-order chi connectivity index (χ0) is 24.6. The highest BCUT2D eigenvalue weighted by molar-refractivity contribution is 6.74. The molecule has 1 saturated heterocycles. The molecule has 1 aliphatic rings. The lowest BCUT2D eigenvalue weighted by Gasteiger charge is -2.49. The molecule has 0 aromatic carbocycles. The van der Waals surface area contributed by atoms with Crippen LogP contribution in [0.1, 0.15) is 55.4 Å². The maximum absolute atomic E-state index is 13.1. The maximum atomic E-state index is 13.1. The fraction of sp³-hybridized carbons (Fsp3) is 0.909. The average molecular weight is 477 g/mol. The van der Waals surface area contributed by atoms with E-state index < -0.39 is 58.9 Å². The number of aliphatic hydroxyl groups excluding tert-OH is 1. The molecule has 0 spiro atoms. The van der Waals surface area contributed by atoms with Crippen LogP contribution in [0.5, 0.6) is 0 Å². The summed E-state index contributed by atoms with van der Waals surface area (Å²) in [6.07, 6.45) is -4.17. The number of hydrogen-bond acceptors (Lipinski definition) is 7. The summed E-state index contributed by atoms with van der Waals surface area (Å²) in [6.45, 7) is 24.7. The standard InChI is InChI=1S/C22H44O7Si2/c1-13-26-19(24)15(23)16-14(2)17(28-30(9,10)21(3,4)5)18(20(25)27-16)29-31(11,12)22(6,7)8/h14-18,23H,13H2,1-12H3/t14-,15-,16+,17+,18-/m0/s1. The molecule has 0 unspecified atom stereocenters. The highest BCUT2D eigenvalue weighted by Gasteiger charge is 2.55. The van der Waals surface area contributed by atoms with Crippen molar-refractivity contribution in [2.45, 2.75) is 116 Å². The number of cyclic esters (lactones) is 1. The van der Waals surface area contributed by atoms with E-state index in [1.165, 1.54) is 0 Å². The van der Waals surface area contributed by atoms with Gasteiger partial charge in [0.2, 0.25) is 0 Å². The number of carbonyl (C=O) groups excluding carboxylic acids is 2. The van der Waals surface area contributed by atoms with Crippen LogP contribution in [0.15, 0.2) is 0 Å². The van der Waals surface area contributed by atoms with Crippen LogP contribution >= 0.6 is 0 Å². The predicted octanol–water partition coefficient (Wildman–Crippen LogP) is 4.25. The SMILES string of the molecule is CCOC(=O)[C@@H](O)[C@@H]1OC(=O)[C@@H](O[Si](C)(C)C(C)(C)C)[C@H](O[Si](C)(C)C(C)(C)C)[C@H]1C. The van der Waals surface area contributed by atoms with Gasteiger partial charge in [0.15, 0.2) is 28.8 Å². The normalized spacial score (nSPS) is 26.9. The van der Waals surface area contributed by atoms with Crippen LogP contribution in [0.2, 0.25) is 36.3 Å². The fourth-order valence-corrected chi connectivity index (χ4v) is 5.51. The van der Waals surface area contributed by atoms with Crippen molar-refractivity contribution in [1.29, 1.82) is 0 Å². The first-order valence-electron chi connectivity index (χ1n) is 11.2. The molecule has 0 aliphatic carbocycles. The van der Waals surface area contributed by atoms with Crippen molar-refractivity contribution >= 4 is 28.6 Å². The van der Waals surface area contributed by atoms with Crippen molar-refractivity contribution in [2.75, 3.05) is 6.61 Å². The van der Waals surface area contributed by atoms with Gasteiger partial charge >= 0.3 is 11.9 Å². The molecule has 0 aromatic heterocycles. The van der Waals surface area contributed by atoms with E-state index in [4.69, 9.17) is 18.3 Å². The second kappa shape index (κ2) is 9.63. The van der Waals surface area contributed by atoms with Gasteiger partial charge in [0, 0.05) is 5.92 Å². The van der Waals surface area contributed by atoms with E-state index >= 15 is 0 Å². The Kier molecular flexibility index (Phi) is 8.78. The van der Waals surface area contributed by atoms with Crippen molar-refractivity contribution in [3.8, 4) is 0 Å². The number of ether oxygens (including phenoxy) is 2. The molecule has 1 heterocycles. The smallest absolute Gasteiger partial charge is 0.338 e. The van der Waals surface area contributed by atoms with Gasteiger partial charge in [-0.1, -0.05) is 48.5 Å². The number of rotatable bonds is 7. The van der Waals surface area contributed by atoms with Gasteiger partial charge in [-0.3, -0.25) is 0 Å². The lowest BCUT2D eigenvalue weighted by atomic mass is 9.88. The Hall–Kier alpha value is -0.746. The highest BCUT2D eigenvalue weighted by atomic mass is 28.4. The summed E-state index contributed by atoms with van der Waals surface area (Å²) in [5.74, 6) is -1.86. The molecular weight excluding hydrogens is 432 g/mol. The van der Waals surface area contributed by atoms with E-state index in [1.807, 2.05) is 6.92 Å². The molecule has 0 saturated carbocycles. The topological polar surface area (TPSA) is 91.3 Å². The Bertz CT molecular complexity index is 649. The predicted molar refractivity (Wildman–Crippen MR) is 126 cm³/mol. The van der Waals surface area contributed by atoms with Crippen LogP contribution in [-0.2, 0) is 27.9 Å². The summed E-state index contributed by atoms with van der Waals surface area (Å²) in [7, 11) is -4.63. The number of hydrogen-bond donors (Lipinski definition) is 1. The Morgan fingerprint density at radius 1 is 1.03 bits per heavy atom. The van der Waals surface area contributed by atoms with Gasteiger partial charge in [-0.2, -0.15) is 0 Å². The first kappa shape index (κ1) is 28.3. The van der Waals surface area contributed by atoms with Gasteiger partial charge in [0.25, 0.3) is 0 Å². The van der Waals surface area contributed by atoms with Gasteiger partial charge in [-0.25, -0.2) is 9.59 Å². The van der Waals surface area contributed by atoms with E-state index in [0.29, 0.717) is 0 Å². The zero-order valence-electron chi connectivity index (χ0n) is 21.5. The first-order chi connectivity index (χ1) is 13.8. The van der Waals surface area contributed by atoms with Gasteiger partial charge < -0.3 is 23.4 Å². The van der Waals surface area contributed by atoms with Crippen LogP contribution in [0.4, 0.5) is 0 Å². The molecule has 1 aliphatic heterocycles. The first-order valence-corrected chi connectivity index (χ1v) is 17.0. The molecule has 9 heteroatoms. The van der Waals surface area contributed by atoms with Crippen molar-refractivity contribution in [2.24, 2.45) is 5.92 Å². The van der Waals surface area contributed by atoms with Crippen LogP contribution in [0.25, 0.3) is 0 Å². The molecule has 5 atom stereocenters.